The number of carbonyl (C=O) groups excluding carboxylic acids is 1. The highest BCUT2D eigenvalue weighted by Gasteiger charge is 2.36. The van der Waals surface area contributed by atoms with Crippen molar-refractivity contribution in [2.75, 3.05) is 12.0 Å². The van der Waals surface area contributed by atoms with E-state index in [0.29, 0.717) is 0 Å². The molecule has 5 nitrogen and oxygen atoms in total. The van der Waals surface area contributed by atoms with Gasteiger partial charge in [0.2, 0.25) is 0 Å². The number of methoxy groups -OCH3 is 1. The zero-order chi connectivity index (χ0) is 18.3. The van der Waals surface area contributed by atoms with Gasteiger partial charge in [-0.15, -0.1) is 0 Å². The second kappa shape index (κ2) is 6.18. The van der Waals surface area contributed by atoms with E-state index in [0.717, 1.165) is 29.1 Å². The van der Waals surface area contributed by atoms with Crippen LogP contribution in [0.4, 0.5) is 14.5 Å². The summed E-state index contributed by atoms with van der Waals surface area (Å²) in [4.78, 5) is 15.8. The second-order valence-electron chi connectivity index (χ2n) is 5.87. The predicted molar refractivity (Wildman–Crippen MR) is 92.7 cm³/mol. The Balaban J connectivity index is 1.57. The van der Waals surface area contributed by atoms with E-state index in [1.54, 1.807) is 18.2 Å². The van der Waals surface area contributed by atoms with Crippen LogP contribution >= 0.6 is 0 Å². The number of fused-ring (bicyclic) bond motifs is 1. The first-order valence-corrected chi connectivity index (χ1v) is 7.93. The molecule has 0 saturated carbocycles. The molecule has 1 N–H and O–H groups in total. The van der Waals surface area contributed by atoms with E-state index in [1.807, 2.05) is 30.5 Å². The van der Waals surface area contributed by atoms with Crippen LogP contribution in [0, 0.1) is 11.6 Å². The third-order valence-corrected chi connectivity index (χ3v) is 4.31. The van der Waals surface area contributed by atoms with Crippen LogP contribution in [0.5, 0.6) is 5.75 Å². The SMILES string of the molecule is COc1ccc(C2=CN3C=CN(c4ccc(F)c(F)c4)C(=O)C3N2)cc1. The number of nitrogens with one attached hydrogen (secondary N) is 1. The van der Waals surface area contributed by atoms with Gasteiger partial charge in [-0.3, -0.25) is 9.69 Å². The van der Waals surface area contributed by atoms with Crippen LogP contribution in [0.15, 0.2) is 61.1 Å². The Hall–Kier alpha value is -3.35. The first-order chi connectivity index (χ1) is 12.6. The minimum atomic E-state index is -0.998. The fraction of sp³-hybridized carbons (Fsp3) is 0.105. The van der Waals surface area contributed by atoms with Gasteiger partial charge in [-0.05, 0) is 42.0 Å². The number of rotatable bonds is 3. The van der Waals surface area contributed by atoms with Gasteiger partial charge in [-0.25, -0.2) is 8.78 Å². The van der Waals surface area contributed by atoms with Gasteiger partial charge >= 0.3 is 0 Å². The Morgan fingerprint density at radius 1 is 1.04 bits per heavy atom. The molecule has 2 aliphatic rings. The maximum absolute atomic E-state index is 13.5. The number of carbonyl (C=O) groups is 1. The van der Waals surface area contributed by atoms with Gasteiger partial charge < -0.3 is 15.0 Å². The Labute approximate surface area is 148 Å². The smallest absolute Gasteiger partial charge is 0.274 e. The molecule has 0 aromatic heterocycles. The highest BCUT2D eigenvalue weighted by Crippen LogP contribution is 2.28. The van der Waals surface area contributed by atoms with E-state index in [9.17, 15) is 13.6 Å². The quantitative estimate of drug-likeness (QED) is 0.919. The van der Waals surface area contributed by atoms with Crippen molar-refractivity contribution < 1.29 is 18.3 Å². The van der Waals surface area contributed by atoms with Crippen LogP contribution in [0.2, 0.25) is 0 Å². The van der Waals surface area contributed by atoms with E-state index in [2.05, 4.69) is 5.32 Å². The Bertz CT molecular complexity index is 925. The van der Waals surface area contributed by atoms with E-state index in [4.69, 9.17) is 4.74 Å². The highest BCUT2D eigenvalue weighted by atomic mass is 19.2. The molecule has 2 heterocycles. The molecule has 0 radical (unpaired) electrons. The monoisotopic (exact) mass is 355 g/mol. The standard InChI is InChI=1S/C19H15F2N3O2/c1-26-14-5-2-12(3-6-14)17-11-23-8-9-24(19(25)18(23)22-17)13-4-7-15(20)16(21)10-13/h2-11,18,22H,1H3. The molecule has 2 aliphatic heterocycles. The van der Waals surface area contributed by atoms with E-state index in [-0.39, 0.29) is 11.6 Å². The summed E-state index contributed by atoms with van der Waals surface area (Å²) in [5, 5.41) is 3.16. The molecular weight excluding hydrogens is 340 g/mol. The minimum Gasteiger partial charge on any atom is -0.497 e. The summed E-state index contributed by atoms with van der Waals surface area (Å²) in [6, 6.07) is 10.8. The molecule has 4 rings (SSSR count). The first-order valence-electron chi connectivity index (χ1n) is 7.93. The van der Waals surface area contributed by atoms with Crippen molar-refractivity contribution in [2.45, 2.75) is 6.17 Å². The molecule has 132 valence electrons. The summed E-state index contributed by atoms with van der Waals surface area (Å²) in [6.07, 6.45) is 4.41. The van der Waals surface area contributed by atoms with Gasteiger partial charge in [-0.1, -0.05) is 0 Å². The van der Waals surface area contributed by atoms with Gasteiger partial charge in [0, 0.05) is 24.7 Å². The summed E-state index contributed by atoms with van der Waals surface area (Å²) < 4.78 is 31.8. The molecule has 0 saturated heterocycles. The van der Waals surface area contributed by atoms with Gasteiger partial charge in [0.25, 0.3) is 5.91 Å². The molecule has 0 aliphatic carbocycles. The molecular formula is C19H15F2N3O2. The van der Waals surface area contributed by atoms with Crippen LogP contribution < -0.4 is 15.0 Å². The normalized spacial score (nSPS) is 18.5. The molecule has 1 atom stereocenters. The molecule has 0 bridgehead atoms. The molecule has 1 amide bonds. The summed E-state index contributed by atoms with van der Waals surface area (Å²) in [5.41, 5.74) is 1.95. The van der Waals surface area contributed by atoms with Gasteiger partial charge in [0.05, 0.1) is 18.5 Å². The van der Waals surface area contributed by atoms with Crippen LogP contribution in [-0.2, 0) is 4.79 Å². The van der Waals surface area contributed by atoms with Crippen molar-refractivity contribution in [3.63, 3.8) is 0 Å². The number of ether oxygens (including phenoxy) is 1. The second-order valence-corrected chi connectivity index (χ2v) is 5.87. The molecule has 0 fully saturated rings. The molecule has 26 heavy (non-hydrogen) atoms. The predicted octanol–water partition coefficient (Wildman–Crippen LogP) is 3.02. The summed E-state index contributed by atoms with van der Waals surface area (Å²) >= 11 is 0. The number of halogens is 2. The molecule has 0 spiro atoms. The van der Waals surface area contributed by atoms with E-state index >= 15 is 0 Å². The number of amides is 1. The Kier molecular flexibility index (Phi) is 3.84. The molecule has 1 unspecified atom stereocenters. The van der Waals surface area contributed by atoms with Crippen molar-refractivity contribution >= 4 is 17.3 Å². The summed E-state index contributed by atoms with van der Waals surface area (Å²) in [7, 11) is 1.60. The van der Waals surface area contributed by atoms with Crippen molar-refractivity contribution in [1.82, 2.24) is 10.2 Å². The Morgan fingerprint density at radius 3 is 2.50 bits per heavy atom. The Morgan fingerprint density at radius 2 is 1.81 bits per heavy atom. The lowest BCUT2D eigenvalue weighted by Crippen LogP contribution is -2.50. The lowest BCUT2D eigenvalue weighted by atomic mass is 10.1. The highest BCUT2D eigenvalue weighted by molar-refractivity contribution is 6.01. The number of benzene rings is 2. The molecule has 2 aromatic rings. The van der Waals surface area contributed by atoms with Gasteiger partial charge in [-0.2, -0.15) is 0 Å². The third-order valence-electron chi connectivity index (χ3n) is 4.31. The fourth-order valence-corrected chi connectivity index (χ4v) is 2.93. The van der Waals surface area contributed by atoms with E-state index < -0.39 is 17.8 Å². The lowest BCUT2D eigenvalue weighted by molar-refractivity contribution is -0.122. The van der Waals surface area contributed by atoms with E-state index in [1.165, 1.54) is 17.2 Å². The number of nitrogens with zero attached hydrogens (tertiary/aromatic N) is 2. The third kappa shape index (κ3) is 2.67. The average Bonchev–Trinajstić information content (AvgIpc) is 3.10. The average molecular weight is 355 g/mol. The lowest BCUT2D eigenvalue weighted by Gasteiger charge is -2.31. The summed E-state index contributed by atoms with van der Waals surface area (Å²) in [5.74, 6) is -1.50. The van der Waals surface area contributed by atoms with Crippen LogP contribution in [-0.4, -0.2) is 24.1 Å². The zero-order valence-electron chi connectivity index (χ0n) is 13.8. The van der Waals surface area contributed by atoms with Crippen LogP contribution in [0.3, 0.4) is 0 Å². The number of hydrogen-bond donors (Lipinski definition) is 1. The summed E-state index contributed by atoms with van der Waals surface area (Å²) in [6.45, 7) is 0. The topological polar surface area (TPSA) is 44.8 Å². The molecule has 7 heteroatoms. The van der Waals surface area contributed by atoms with Crippen molar-refractivity contribution in [3.8, 4) is 5.75 Å². The first kappa shape index (κ1) is 16.1. The van der Waals surface area contributed by atoms with Crippen molar-refractivity contribution in [1.29, 1.82) is 0 Å². The van der Waals surface area contributed by atoms with Crippen molar-refractivity contribution in [2.24, 2.45) is 0 Å². The van der Waals surface area contributed by atoms with Crippen molar-refractivity contribution in [3.05, 3.63) is 78.3 Å². The maximum Gasteiger partial charge on any atom is 0.274 e. The largest absolute Gasteiger partial charge is 0.497 e. The molecule has 2 aromatic carbocycles. The minimum absolute atomic E-state index is 0.268. The van der Waals surface area contributed by atoms with Crippen LogP contribution in [0.1, 0.15) is 5.56 Å². The fourth-order valence-electron chi connectivity index (χ4n) is 2.93. The van der Waals surface area contributed by atoms with Gasteiger partial charge in [0.15, 0.2) is 17.8 Å². The zero-order valence-corrected chi connectivity index (χ0v) is 13.8. The maximum atomic E-state index is 13.5. The van der Waals surface area contributed by atoms with Crippen LogP contribution in [0.25, 0.3) is 5.70 Å². The van der Waals surface area contributed by atoms with Gasteiger partial charge in [0.1, 0.15) is 5.75 Å². The number of hydrogen-bond acceptors (Lipinski definition) is 4. The number of anilines is 1.